The summed E-state index contributed by atoms with van der Waals surface area (Å²) >= 11 is 0. The summed E-state index contributed by atoms with van der Waals surface area (Å²) in [7, 11) is -3.47. The van der Waals surface area contributed by atoms with Gasteiger partial charge < -0.3 is 10.4 Å². The lowest BCUT2D eigenvalue weighted by atomic mass is 10.2. The van der Waals surface area contributed by atoms with Crippen LogP contribution >= 0.6 is 0 Å². The fraction of sp³-hybridized carbons (Fsp3) is 0.222. The molecule has 0 aliphatic rings. The van der Waals surface area contributed by atoms with E-state index >= 15 is 0 Å². The summed E-state index contributed by atoms with van der Waals surface area (Å²) in [5, 5.41) is 11.9. The van der Waals surface area contributed by atoms with E-state index in [0.717, 1.165) is 6.26 Å². The van der Waals surface area contributed by atoms with Crippen molar-refractivity contribution < 1.29 is 18.3 Å². The van der Waals surface area contributed by atoms with Crippen LogP contribution in [0.5, 0.6) is 5.75 Å². The minimum Gasteiger partial charge on any atom is -0.506 e. The predicted octanol–water partition coefficient (Wildman–Crippen LogP) is 0.722. The van der Waals surface area contributed by atoms with Gasteiger partial charge in [-0.1, -0.05) is 0 Å². The summed E-state index contributed by atoms with van der Waals surface area (Å²) in [5.41, 5.74) is 0.421. The van der Waals surface area contributed by atoms with Gasteiger partial charge in [-0.15, -0.1) is 0 Å². The third-order valence-corrected chi connectivity index (χ3v) is 2.20. The lowest BCUT2D eigenvalue weighted by Crippen LogP contribution is -2.11. The molecule has 88 valence electrons. The Morgan fingerprint density at radius 3 is 2.50 bits per heavy atom. The fourth-order valence-electron chi connectivity index (χ4n) is 1.10. The second kappa shape index (κ2) is 4.40. The number of carbonyl (C=O) groups excluding carboxylic acids is 1. The van der Waals surface area contributed by atoms with E-state index in [0.29, 0.717) is 5.69 Å². The first-order valence-corrected chi connectivity index (χ1v) is 6.25. The van der Waals surface area contributed by atoms with E-state index in [1.165, 1.54) is 25.1 Å². The number of carbonyl (C=O) groups is 1. The van der Waals surface area contributed by atoms with Crippen LogP contribution < -0.4 is 10.0 Å². The van der Waals surface area contributed by atoms with E-state index in [1.807, 2.05) is 0 Å². The lowest BCUT2D eigenvalue weighted by molar-refractivity contribution is -0.114. The van der Waals surface area contributed by atoms with Crippen molar-refractivity contribution in [3.05, 3.63) is 18.2 Å². The molecule has 7 heteroatoms. The molecule has 1 rings (SSSR count). The molecule has 0 saturated carbocycles. The first-order chi connectivity index (χ1) is 7.28. The molecule has 3 N–H and O–H groups in total. The molecular formula is C9H12N2O4S. The molecule has 0 aliphatic carbocycles. The largest absolute Gasteiger partial charge is 0.506 e. The number of phenols is 1. The first kappa shape index (κ1) is 12.3. The van der Waals surface area contributed by atoms with Crippen LogP contribution in [0.25, 0.3) is 0 Å². The molecule has 16 heavy (non-hydrogen) atoms. The number of anilines is 2. The predicted molar refractivity (Wildman–Crippen MR) is 60.9 cm³/mol. The lowest BCUT2D eigenvalue weighted by Gasteiger charge is -2.09. The van der Waals surface area contributed by atoms with Crippen molar-refractivity contribution in [2.75, 3.05) is 16.3 Å². The number of rotatable bonds is 3. The number of hydrogen-bond donors (Lipinski definition) is 3. The molecule has 0 bridgehead atoms. The third kappa shape index (κ3) is 3.77. The van der Waals surface area contributed by atoms with Gasteiger partial charge in [0, 0.05) is 12.6 Å². The Morgan fingerprint density at radius 1 is 1.38 bits per heavy atom. The van der Waals surface area contributed by atoms with E-state index in [-0.39, 0.29) is 17.3 Å². The van der Waals surface area contributed by atoms with E-state index in [4.69, 9.17) is 0 Å². The highest BCUT2D eigenvalue weighted by atomic mass is 32.2. The van der Waals surface area contributed by atoms with Gasteiger partial charge in [0.1, 0.15) is 5.75 Å². The second-order valence-electron chi connectivity index (χ2n) is 3.29. The zero-order valence-electron chi connectivity index (χ0n) is 8.81. The van der Waals surface area contributed by atoms with Crippen molar-refractivity contribution in [3.63, 3.8) is 0 Å². The van der Waals surface area contributed by atoms with Gasteiger partial charge in [0.25, 0.3) is 0 Å². The number of benzene rings is 1. The van der Waals surface area contributed by atoms with E-state index in [1.54, 1.807) is 0 Å². The van der Waals surface area contributed by atoms with Gasteiger partial charge in [-0.05, 0) is 18.2 Å². The molecule has 0 atom stereocenters. The van der Waals surface area contributed by atoms with Crippen LogP contribution in [0.4, 0.5) is 11.4 Å². The van der Waals surface area contributed by atoms with Gasteiger partial charge >= 0.3 is 0 Å². The zero-order chi connectivity index (χ0) is 12.3. The van der Waals surface area contributed by atoms with Crippen molar-refractivity contribution in [1.82, 2.24) is 0 Å². The van der Waals surface area contributed by atoms with E-state index < -0.39 is 10.0 Å². The van der Waals surface area contributed by atoms with Crippen molar-refractivity contribution in [1.29, 1.82) is 0 Å². The molecule has 0 saturated heterocycles. The van der Waals surface area contributed by atoms with Crippen LogP contribution in [-0.4, -0.2) is 25.7 Å². The van der Waals surface area contributed by atoms with Crippen LogP contribution in [0.15, 0.2) is 18.2 Å². The third-order valence-electron chi connectivity index (χ3n) is 1.61. The van der Waals surface area contributed by atoms with Crippen LogP contribution in [-0.2, 0) is 14.8 Å². The Balaban J connectivity index is 3.04. The van der Waals surface area contributed by atoms with Crippen molar-refractivity contribution in [2.24, 2.45) is 0 Å². The van der Waals surface area contributed by atoms with Crippen molar-refractivity contribution >= 4 is 27.3 Å². The summed E-state index contributed by atoms with van der Waals surface area (Å²) in [6.07, 6.45) is 0.970. The zero-order valence-corrected chi connectivity index (χ0v) is 9.63. The Bertz CT molecular complexity index is 510. The maximum absolute atomic E-state index is 11.0. The van der Waals surface area contributed by atoms with Crippen LogP contribution in [0.1, 0.15) is 6.92 Å². The topological polar surface area (TPSA) is 95.5 Å². The first-order valence-electron chi connectivity index (χ1n) is 4.36. The highest BCUT2D eigenvalue weighted by Gasteiger charge is 2.08. The second-order valence-corrected chi connectivity index (χ2v) is 5.04. The number of amides is 1. The minimum atomic E-state index is -3.47. The molecule has 1 amide bonds. The maximum atomic E-state index is 11.0. The standard InChI is InChI=1S/C9H12N2O4S/c1-6(12)10-7-3-4-9(13)8(5-7)11-16(2,14)15/h3-5,11,13H,1-2H3,(H,10,12). The Labute approximate surface area is 93.3 Å². The molecule has 6 nitrogen and oxygen atoms in total. The van der Waals surface area contributed by atoms with Gasteiger partial charge in [0.05, 0.1) is 11.9 Å². The summed E-state index contributed by atoms with van der Waals surface area (Å²) in [4.78, 5) is 10.8. The summed E-state index contributed by atoms with van der Waals surface area (Å²) in [6, 6.07) is 4.08. The average Bonchev–Trinajstić information content (AvgIpc) is 2.07. The molecule has 1 aromatic carbocycles. The monoisotopic (exact) mass is 244 g/mol. The highest BCUT2D eigenvalue weighted by Crippen LogP contribution is 2.27. The van der Waals surface area contributed by atoms with Gasteiger partial charge in [-0.2, -0.15) is 0 Å². The number of aromatic hydroxyl groups is 1. The molecule has 0 spiro atoms. The highest BCUT2D eigenvalue weighted by molar-refractivity contribution is 7.92. The minimum absolute atomic E-state index is 0.0220. The molecule has 0 unspecified atom stereocenters. The van der Waals surface area contributed by atoms with Gasteiger partial charge in [-0.25, -0.2) is 8.42 Å². The summed E-state index contributed by atoms with van der Waals surface area (Å²) in [6.45, 7) is 1.33. The van der Waals surface area contributed by atoms with Gasteiger partial charge in [0.2, 0.25) is 15.9 Å². The average molecular weight is 244 g/mol. The SMILES string of the molecule is CC(=O)Nc1ccc(O)c(NS(C)(=O)=O)c1. The molecule has 1 aromatic rings. The number of hydrogen-bond acceptors (Lipinski definition) is 4. The van der Waals surface area contributed by atoms with Gasteiger partial charge in [0.15, 0.2) is 0 Å². The quantitative estimate of drug-likeness (QED) is 0.539. The molecule has 0 fully saturated rings. The molecule has 0 aromatic heterocycles. The number of phenolic OH excluding ortho intramolecular Hbond substituents is 1. The Hall–Kier alpha value is -1.76. The van der Waals surface area contributed by atoms with E-state index in [2.05, 4.69) is 10.0 Å². The number of nitrogens with one attached hydrogen (secondary N) is 2. The molecule has 0 radical (unpaired) electrons. The molecule has 0 heterocycles. The van der Waals surface area contributed by atoms with Crippen molar-refractivity contribution in [2.45, 2.75) is 6.92 Å². The van der Waals surface area contributed by atoms with Crippen LogP contribution in [0.3, 0.4) is 0 Å². The fourth-order valence-corrected chi connectivity index (χ4v) is 1.66. The Kier molecular flexibility index (Phi) is 3.38. The molecular weight excluding hydrogens is 232 g/mol. The van der Waals surface area contributed by atoms with Crippen LogP contribution in [0.2, 0.25) is 0 Å². The van der Waals surface area contributed by atoms with Gasteiger partial charge in [-0.3, -0.25) is 9.52 Å². The van der Waals surface area contributed by atoms with Crippen LogP contribution in [0, 0.1) is 0 Å². The molecule has 0 aliphatic heterocycles. The summed E-state index contributed by atoms with van der Waals surface area (Å²) < 4.78 is 24.1. The van der Waals surface area contributed by atoms with Crippen molar-refractivity contribution in [3.8, 4) is 5.75 Å². The number of sulfonamides is 1. The normalized spacial score (nSPS) is 10.9. The Morgan fingerprint density at radius 2 is 2.00 bits per heavy atom. The smallest absolute Gasteiger partial charge is 0.229 e. The maximum Gasteiger partial charge on any atom is 0.229 e. The summed E-state index contributed by atoms with van der Waals surface area (Å²) in [5.74, 6) is -0.490. The van der Waals surface area contributed by atoms with E-state index in [9.17, 15) is 18.3 Å².